The van der Waals surface area contributed by atoms with E-state index in [2.05, 4.69) is 223 Å². The minimum atomic E-state index is 0.550. The Morgan fingerprint density at radius 3 is 1.29 bits per heavy atom. The molecule has 0 saturated carbocycles. The van der Waals surface area contributed by atoms with E-state index >= 15 is 0 Å². The third-order valence-electron chi connectivity index (χ3n) is 15.2. The predicted molar refractivity (Wildman–Crippen MR) is 321 cm³/mol. The topological polar surface area (TPSA) is 72.3 Å². The molecule has 0 fully saturated rings. The van der Waals surface area contributed by atoms with Crippen LogP contribution in [-0.4, -0.2) is 24.1 Å². The summed E-state index contributed by atoms with van der Waals surface area (Å²) in [6.07, 6.45) is 0. The number of nitrogens with zero attached hydrogens (tertiary/aromatic N) is 6. The number of benzene rings is 11. The maximum Gasteiger partial charge on any atom is 0.164 e. The van der Waals surface area contributed by atoms with E-state index in [1.807, 2.05) is 60.7 Å². The van der Waals surface area contributed by atoms with Gasteiger partial charge < -0.3 is 9.13 Å². The van der Waals surface area contributed by atoms with Crippen LogP contribution < -0.4 is 0 Å². The van der Waals surface area contributed by atoms with Gasteiger partial charge in [0.25, 0.3) is 0 Å². The summed E-state index contributed by atoms with van der Waals surface area (Å²) >= 11 is 0. The molecule has 6 nitrogen and oxygen atoms in total. The van der Waals surface area contributed by atoms with E-state index in [-0.39, 0.29) is 0 Å². The first kappa shape index (κ1) is 46.1. The molecule has 0 unspecified atom stereocenters. The molecule has 6 heteroatoms. The maximum atomic E-state index is 9.86. The molecule has 0 atom stereocenters. The molecule has 0 radical (unpaired) electrons. The zero-order valence-electron chi connectivity index (χ0n) is 42.9. The molecule has 366 valence electrons. The van der Waals surface area contributed by atoms with Crippen LogP contribution in [-0.2, 0) is 0 Å². The lowest BCUT2D eigenvalue weighted by molar-refractivity contribution is 1.07. The Kier molecular flexibility index (Phi) is 11.2. The number of aryl methyl sites for hydroxylation is 2. The summed E-state index contributed by atoms with van der Waals surface area (Å²) in [6, 6.07) is 92.6. The van der Waals surface area contributed by atoms with Gasteiger partial charge in [-0.15, -0.1) is 0 Å². The van der Waals surface area contributed by atoms with E-state index in [9.17, 15) is 5.26 Å². The monoisotopic (exact) mass is 996 g/mol. The third kappa shape index (κ3) is 8.10. The molecule has 0 spiro atoms. The molecule has 0 bridgehead atoms. The summed E-state index contributed by atoms with van der Waals surface area (Å²) in [5, 5.41) is 14.5. The minimum Gasteiger partial charge on any atom is -0.309 e. The Morgan fingerprint density at radius 1 is 0.308 bits per heavy atom. The van der Waals surface area contributed by atoms with Crippen molar-refractivity contribution in [3.8, 4) is 96.1 Å². The van der Waals surface area contributed by atoms with Crippen molar-refractivity contribution in [3.63, 3.8) is 0 Å². The number of aromatic nitrogens is 5. The molecular weight excluding hydrogens is 949 g/mol. The molecule has 0 aliphatic heterocycles. The van der Waals surface area contributed by atoms with Gasteiger partial charge in [0.2, 0.25) is 0 Å². The second-order valence-electron chi connectivity index (χ2n) is 20.1. The lowest BCUT2D eigenvalue weighted by atomic mass is 9.92. The van der Waals surface area contributed by atoms with Gasteiger partial charge in [-0.2, -0.15) is 5.26 Å². The van der Waals surface area contributed by atoms with Gasteiger partial charge in [-0.3, -0.25) is 0 Å². The largest absolute Gasteiger partial charge is 0.309 e. The summed E-state index contributed by atoms with van der Waals surface area (Å²) in [7, 11) is 0. The normalized spacial score (nSPS) is 11.4. The molecule has 14 rings (SSSR count). The SMILES string of the molecule is Cc1ccc(-c2ccc3c(c2)c2ccccc2n3-c2ccc(-c3nc(-c4ccccc4)nc(-c4ccccc4)n3)c(-c3cc(-c4ccc(C#N)cc4)ccc3-n3c4ccccc4c4cc(-c5ccc(C)cc5)ccc43)c2)cc1. The number of para-hydroxylation sites is 2. The van der Waals surface area contributed by atoms with Crippen molar-refractivity contribution >= 4 is 43.6 Å². The number of nitriles is 1. The van der Waals surface area contributed by atoms with Gasteiger partial charge >= 0.3 is 0 Å². The Balaban J connectivity index is 1.08. The summed E-state index contributed by atoms with van der Waals surface area (Å²) in [4.78, 5) is 15.9. The van der Waals surface area contributed by atoms with Crippen LogP contribution in [0.3, 0.4) is 0 Å². The summed E-state index contributed by atoms with van der Waals surface area (Å²) in [5.41, 5.74) is 20.6. The van der Waals surface area contributed by atoms with Crippen LogP contribution in [0, 0.1) is 25.2 Å². The van der Waals surface area contributed by atoms with Crippen molar-refractivity contribution in [2.45, 2.75) is 13.8 Å². The van der Waals surface area contributed by atoms with E-state index in [4.69, 9.17) is 15.0 Å². The third-order valence-corrected chi connectivity index (χ3v) is 15.2. The van der Waals surface area contributed by atoms with Crippen molar-refractivity contribution in [1.29, 1.82) is 5.26 Å². The van der Waals surface area contributed by atoms with Crippen molar-refractivity contribution < 1.29 is 0 Å². The molecule has 0 aliphatic carbocycles. The van der Waals surface area contributed by atoms with Gasteiger partial charge in [-0.25, -0.2) is 15.0 Å². The Morgan fingerprint density at radius 2 is 0.744 bits per heavy atom. The summed E-state index contributed by atoms with van der Waals surface area (Å²) < 4.78 is 4.81. The first-order chi connectivity index (χ1) is 38.4. The molecule has 0 saturated heterocycles. The fraction of sp³-hybridized carbons (Fsp3) is 0.0278. The fourth-order valence-electron chi connectivity index (χ4n) is 11.2. The molecule has 3 aromatic heterocycles. The summed E-state index contributed by atoms with van der Waals surface area (Å²) in [5.74, 6) is 1.72. The minimum absolute atomic E-state index is 0.550. The number of hydrogen-bond acceptors (Lipinski definition) is 4. The Bertz CT molecular complexity index is 4600. The zero-order valence-corrected chi connectivity index (χ0v) is 42.9. The van der Waals surface area contributed by atoms with E-state index < -0.39 is 0 Å². The maximum absolute atomic E-state index is 9.86. The van der Waals surface area contributed by atoms with Crippen molar-refractivity contribution in [2.75, 3.05) is 0 Å². The van der Waals surface area contributed by atoms with Crippen LogP contribution in [0.5, 0.6) is 0 Å². The molecule has 78 heavy (non-hydrogen) atoms. The van der Waals surface area contributed by atoms with E-state index in [1.54, 1.807) is 0 Å². The van der Waals surface area contributed by atoms with Crippen molar-refractivity contribution in [3.05, 3.63) is 271 Å². The van der Waals surface area contributed by atoms with Gasteiger partial charge in [0.15, 0.2) is 17.5 Å². The smallest absolute Gasteiger partial charge is 0.164 e. The molecule has 3 heterocycles. The van der Waals surface area contributed by atoms with Gasteiger partial charge in [-0.05, 0) is 132 Å². The lowest BCUT2D eigenvalue weighted by Crippen LogP contribution is -2.04. The average Bonchev–Trinajstić information content (AvgIpc) is 4.23. The Hall–Kier alpha value is -10.5. The van der Waals surface area contributed by atoms with Crippen LogP contribution in [0.4, 0.5) is 0 Å². The quantitative estimate of drug-likeness (QED) is 0.144. The fourth-order valence-corrected chi connectivity index (χ4v) is 11.2. The molecule has 14 aromatic rings. The summed E-state index contributed by atoms with van der Waals surface area (Å²) in [6.45, 7) is 4.25. The van der Waals surface area contributed by atoms with Gasteiger partial charge in [0.1, 0.15) is 0 Å². The van der Waals surface area contributed by atoms with E-state index in [0.29, 0.717) is 23.0 Å². The molecular formula is C72H48N6. The first-order valence-electron chi connectivity index (χ1n) is 26.3. The second kappa shape index (κ2) is 19.0. The molecule has 0 aliphatic rings. The predicted octanol–water partition coefficient (Wildman–Crippen LogP) is 18.2. The van der Waals surface area contributed by atoms with Crippen molar-refractivity contribution in [2.24, 2.45) is 0 Å². The highest BCUT2D eigenvalue weighted by Gasteiger charge is 2.24. The number of rotatable bonds is 9. The highest BCUT2D eigenvalue weighted by atomic mass is 15.0. The average molecular weight is 997 g/mol. The Labute approximate surface area is 452 Å². The molecule has 11 aromatic carbocycles. The highest BCUT2D eigenvalue weighted by Crippen LogP contribution is 2.44. The van der Waals surface area contributed by atoms with E-state index in [1.165, 1.54) is 38.6 Å². The number of fused-ring (bicyclic) bond motifs is 6. The van der Waals surface area contributed by atoms with Crippen LogP contribution in [0.1, 0.15) is 16.7 Å². The van der Waals surface area contributed by atoms with Crippen LogP contribution >= 0.6 is 0 Å². The van der Waals surface area contributed by atoms with E-state index in [0.717, 1.165) is 88.7 Å². The van der Waals surface area contributed by atoms with Crippen LogP contribution in [0.25, 0.3) is 134 Å². The van der Waals surface area contributed by atoms with Crippen molar-refractivity contribution in [1.82, 2.24) is 24.1 Å². The number of hydrogen-bond donors (Lipinski definition) is 0. The zero-order chi connectivity index (χ0) is 52.3. The lowest BCUT2D eigenvalue weighted by Gasteiger charge is -2.20. The first-order valence-corrected chi connectivity index (χ1v) is 26.3. The molecule has 0 N–H and O–H groups in total. The second-order valence-corrected chi connectivity index (χ2v) is 20.1. The van der Waals surface area contributed by atoms with Gasteiger partial charge in [-0.1, -0.05) is 187 Å². The van der Waals surface area contributed by atoms with Gasteiger partial charge in [0.05, 0.1) is 39.4 Å². The molecule has 0 amide bonds. The van der Waals surface area contributed by atoms with Gasteiger partial charge in [0, 0.05) is 49.5 Å². The van der Waals surface area contributed by atoms with Crippen LogP contribution in [0.2, 0.25) is 0 Å². The highest BCUT2D eigenvalue weighted by molar-refractivity contribution is 6.12. The standard InChI is InChI=1S/C72H48N6/c1-46-21-27-49(28-22-46)54-33-38-67-62(41-54)58-17-9-11-19-65(58)77(67)57-36-37-60(72-75-70(52-13-5-3-6-14-52)74-71(76-72)53-15-7-4-8-16-53)61(44-57)64-43-56(51-31-25-48(45-73)26-32-51)35-40-69(64)78-66-20-12-10-18-59(66)63-42-55(34-39-68(63)78)50-29-23-47(2)24-30-50/h3-44H,1-2H3. The van der Waals surface area contributed by atoms with Crippen LogP contribution in [0.15, 0.2) is 255 Å².